The molecule has 1 aromatic carbocycles. The number of ether oxygens (including phenoxy) is 1. The number of benzene rings is 1. The summed E-state index contributed by atoms with van der Waals surface area (Å²) in [6, 6.07) is 5.92. The highest BCUT2D eigenvalue weighted by Crippen LogP contribution is 2.31. The molecule has 108 valence electrons. The van der Waals surface area contributed by atoms with Crippen LogP contribution in [0.5, 0.6) is 11.6 Å². The fraction of sp³-hybridized carbons (Fsp3) is 0.143. The van der Waals surface area contributed by atoms with Gasteiger partial charge in [-0.2, -0.15) is 0 Å². The third-order valence-electron chi connectivity index (χ3n) is 2.94. The molecule has 21 heavy (non-hydrogen) atoms. The van der Waals surface area contributed by atoms with Gasteiger partial charge in [-0.15, -0.1) is 0 Å². The second kappa shape index (κ2) is 5.58. The first-order valence-electron chi connectivity index (χ1n) is 6.02. The molecule has 1 N–H and O–H groups in total. The van der Waals surface area contributed by atoms with E-state index in [-0.39, 0.29) is 17.1 Å². The fourth-order valence-corrected chi connectivity index (χ4v) is 1.80. The molecule has 0 unspecified atom stereocenters. The van der Waals surface area contributed by atoms with Crippen LogP contribution in [-0.4, -0.2) is 21.0 Å². The van der Waals surface area contributed by atoms with Crippen molar-refractivity contribution in [3.05, 3.63) is 57.3 Å². The lowest BCUT2D eigenvalue weighted by molar-refractivity contribution is -0.385. The Morgan fingerprint density at radius 2 is 2.10 bits per heavy atom. The number of aromatic carboxylic acids is 1. The predicted molar refractivity (Wildman–Crippen MR) is 73.8 cm³/mol. The van der Waals surface area contributed by atoms with Crippen LogP contribution in [-0.2, 0) is 0 Å². The van der Waals surface area contributed by atoms with Crippen molar-refractivity contribution in [3.8, 4) is 11.6 Å². The minimum Gasteiger partial charge on any atom is -0.478 e. The molecule has 0 spiro atoms. The molecule has 0 radical (unpaired) electrons. The summed E-state index contributed by atoms with van der Waals surface area (Å²) in [5.41, 5.74) is 0.912. The average molecular weight is 288 g/mol. The van der Waals surface area contributed by atoms with Crippen molar-refractivity contribution in [2.24, 2.45) is 0 Å². The van der Waals surface area contributed by atoms with E-state index in [0.29, 0.717) is 16.9 Å². The van der Waals surface area contributed by atoms with Gasteiger partial charge in [0.05, 0.1) is 16.1 Å². The minimum absolute atomic E-state index is 0.0488. The lowest BCUT2D eigenvalue weighted by atomic mass is 10.2. The van der Waals surface area contributed by atoms with E-state index in [0.717, 1.165) is 0 Å². The molecule has 1 aromatic heterocycles. The minimum atomic E-state index is -1.08. The number of aromatic nitrogens is 1. The van der Waals surface area contributed by atoms with E-state index in [2.05, 4.69) is 4.98 Å². The number of nitrogens with zero attached hydrogens (tertiary/aromatic N) is 2. The Balaban J connectivity index is 2.37. The number of nitro groups is 1. The van der Waals surface area contributed by atoms with Gasteiger partial charge < -0.3 is 9.84 Å². The lowest BCUT2D eigenvalue weighted by Crippen LogP contribution is -2.01. The Morgan fingerprint density at radius 1 is 1.38 bits per heavy atom. The van der Waals surface area contributed by atoms with Crippen molar-refractivity contribution >= 4 is 11.7 Å². The topological polar surface area (TPSA) is 103 Å². The number of hydrogen-bond donors (Lipinski definition) is 1. The number of rotatable bonds is 4. The van der Waals surface area contributed by atoms with Crippen LogP contribution in [0.3, 0.4) is 0 Å². The Labute approximate surface area is 120 Å². The molecule has 7 nitrogen and oxygen atoms in total. The Bertz CT molecular complexity index is 727. The summed E-state index contributed by atoms with van der Waals surface area (Å²) in [7, 11) is 0. The maximum Gasteiger partial charge on any atom is 0.337 e. The van der Waals surface area contributed by atoms with Crippen LogP contribution in [0.4, 0.5) is 5.69 Å². The standard InChI is InChI=1S/C14H12N2O5/c1-8-6-10(14(17)18)7-15-13(8)21-12-5-3-4-11(9(12)2)16(19)20/h3-7H,1-2H3,(H,17,18). The van der Waals surface area contributed by atoms with Crippen LogP contribution in [0, 0.1) is 24.0 Å². The van der Waals surface area contributed by atoms with Gasteiger partial charge in [0, 0.05) is 17.8 Å². The molecule has 0 bridgehead atoms. The molecule has 0 saturated heterocycles. The van der Waals surface area contributed by atoms with E-state index in [1.165, 1.54) is 24.4 Å². The monoisotopic (exact) mass is 288 g/mol. The van der Waals surface area contributed by atoms with Gasteiger partial charge in [-0.3, -0.25) is 10.1 Å². The second-order valence-electron chi connectivity index (χ2n) is 4.41. The van der Waals surface area contributed by atoms with Crippen molar-refractivity contribution < 1.29 is 19.6 Å². The summed E-state index contributed by atoms with van der Waals surface area (Å²) in [4.78, 5) is 25.2. The van der Waals surface area contributed by atoms with Crippen molar-refractivity contribution in [1.82, 2.24) is 4.98 Å². The molecule has 7 heteroatoms. The van der Waals surface area contributed by atoms with Gasteiger partial charge in [-0.05, 0) is 26.0 Å². The van der Waals surface area contributed by atoms with Crippen molar-refractivity contribution in [2.75, 3.05) is 0 Å². The van der Waals surface area contributed by atoms with Crippen LogP contribution in [0.1, 0.15) is 21.5 Å². The molecular formula is C14H12N2O5. The van der Waals surface area contributed by atoms with Gasteiger partial charge in [0.25, 0.3) is 5.69 Å². The molecule has 0 aliphatic heterocycles. The first-order valence-corrected chi connectivity index (χ1v) is 6.02. The number of carboxylic acids is 1. The van der Waals surface area contributed by atoms with E-state index >= 15 is 0 Å². The van der Waals surface area contributed by atoms with Gasteiger partial charge in [0.15, 0.2) is 0 Å². The largest absolute Gasteiger partial charge is 0.478 e. The highest BCUT2D eigenvalue weighted by Gasteiger charge is 2.16. The van der Waals surface area contributed by atoms with Crippen LogP contribution < -0.4 is 4.74 Å². The normalized spacial score (nSPS) is 10.2. The molecule has 0 amide bonds. The average Bonchev–Trinajstić information content (AvgIpc) is 2.42. The van der Waals surface area contributed by atoms with Gasteiger partial charge in [0.2, 0.25) is 5.88 Å². The smallest absolute Gasteiger partial charge is 0.337 e. The Kier molecular flexibility index (Phi) is 3.84. The summed E-state index contributed by atoms with van der Waals surface area (Å²) in [6.45, 7) is 3.23. The Morgan fingerprint density at radius 3 is 2.67 bits per heavy atom. The maximum atomic E-state index is 10.9. The number of pyridine rings is 1. The van der Waals surface area contributed by atoms with E-state index < -0.39 is 10.9 Å². The van der Waals surface area contributed by atoms with Gasteiger partial charge in [-0.1, -0.05) is 6.07 Å². The number of aryl methyl sites for hydroxylation is 1. The second-order valence-corrected chi connectivity index (χ2v) is 4.41. The molecule has 0 fully saturated rings. The maximum absolute atomic E-state index is 10.9. The quantitative estimate of drug-likeness (QED) is 0.685. The summed E-state index contributed by atoms with van der Waals surface area (Å²) in [5.74, 6) is -0.560. The number of nitro benzene ring substituents is 1. The SMILES string of the molecule is Cc1cc(C(=O)O)cnc1Oc1cccc([N+](=O)[O-])c1C. The van der Waals surface area contributed by atoms with Gasteiger partial charge >= 0.3 is 5.97 Å². The molecule has 0 atom stereocenters. The molecule has 1 heterocycles. The van der Waals surface area contributed by atoms with Crippen molar-refractivity contribution in [3.63, 3.8) is 0 Å². The highest BCUT2D eigenvalue weighted by atomic mass is 16.6. The Hall–Kier alpha value is -2.96. The van der Waals surface area contributed by atoms with Crippen LogP contribution >= 0.6 is 0 Å². The van der Waals surface area contributed by atoms with E-state index in [1.807, 2.05) is 0 Å². The zero-order chi connectivity index (χ0) is 15.6. The van der Waals surface area contributed by atoms with Crippen LogP contribution in [0.15, 0.2) is 30.5 Å². The fourth-order valence-electron chi connectivity index (χ4n) is 1.80. The van der Waals surface area contributed by atoms with Crippen molar-refractivity contribution in [1.29, 1.82) is 0 Å². The lowest BCUT2D eigenvalue weighted by Gasteiger charge is -2.10. The van der Waals surface area contributed by atoms with E-state index in [9.17, 15) is 14.9 Å². The van der Waals surface area contributed by atoms with E-state index in [1.54, 1.807) is 19.9 Å². The molecule has 2 aromatic rings. The summed E-state index contributed by atoms with van der Waals surface area (Å²) in [5, 5.41) is 19.8. The zero-order valence-electron chi connectivity index (χ0n) is 11.4. The first-order chi connectivity index (χ1) is 9.90. The number of carboxylic acid groups (broad SMARTS) is 1. The number of carbonyl (C=O) groups is 1. The number of hydrogen-bond acceptors (Lipinski definition) is 5. The third kappa shape index (κ3) is 2.97. The van der Waals surface area contributed by atoms with Crippen LogP contribution in [0.25, 0.3) is 0 Å². The molecule has 2 rings (SSSR count). The summed E-state index contributed by atoms with van der Waals surface area (Å²) >= 11 is 0. The third-order valence-corrected chi connectivity index (χ3v) is 2.94. The first kappa shape index (κ1) is 14.4. The molecule has 0 saturated carbocycles. The van der Waals surface area contributed by atoms with E-state index in [4.69, 9.17) is 9.84 Å². The molecule has 0 aliphatic carbocycles. The summed E-state index contributed by atoms with van der Waals surface area (Å²) in [6.07, 6.45) is 1.18. The molecule has 0 aliphatic rings. The zero-order valence-corrected chi connectivity index (χ0v) is 11.4. The highest BCUT2D eigenvalue weighted by molar-refractivity contribution is 5.87. The molecular weight excluding hydrogens is 276 g/mol. The summed E-state index contributed by atoms with van der Waals surface area (Å²) < 4.78 is 5.56. The van der Waals surface area contributed by atoms with Gasteiger partial charge in [0.1, 0.15) is 5.75 Å². The van der Waals surface area contributed by atoms with Crippen molar-refractivity contribution in [2.45, 2.75) is 13.8 Å². The van der Waals surface area contributed by atoms with Crippen LogP contribution in [0.2, 0.25) is 0 Å². The predicted octanol–water partition coefficient (Wildman–Crippen LogP) is 3.10. The van der Waals surface area contributed by atoms with Gasteiger partial charge in [-0.25, -0.2) is 9.78 Å².